The van der Waals surface area contributed by atoms with Crippen molar-refractivity contribution in [2.45, 2.75) is 82.7 Å². The fourth-order valence-corrected chi connectivity index (χ4v) is 4.36. The first-order chi connectivity index (χ1) is 16.4. The van der Waals surface area contributed by atoms with Crippen molar-refractivity contribution in [2.75, 3.05) is 13.7 Å². The van der Waals surface area contributed by atoms with E-state index in [0.29, 0.717) is 19.3 Å². The molecule has 2 aliphatic carbocycles. The van der Waals surface area contributed by atoms with Gasteiger partial charge in [-0.2, -0.15) is 0 Å². The minimum absolute atomic E-state index is 0.00402. The number of ether oxygens (including phenoxy) is 5. The van der Waals surface area contributed by atoms with Gasteiger partial charge >= 0.3 is 18.1 Å². The summed E-state index contributed by atoms with van der Waals surface area (Å²) in [7, 11) is 1.60. The van der Waals surface area contributed by atoms with Crippen molar-refractivity contribution < 1.29 is 42.9 Å². The molecule has 0 bridgehead atoms. The van der Waals surface area contributed by atoms with Gasteiger partial charge in [0.2, 0.25) is 0 Å². The third kappa shape index (κ3) is 7.03. The summed E-state index contributed by atoms with van der Waals surface area (Å²) in [6.07, 6.45) is 3.59. The molecule has 1 aromatic rings. The first-order valence-electron chi connectivity index (χ1n) is 11.8. The third-order valence-corrected chi connectivity index (χ3v) is 6.11. The number of methoxy groups -OCH3 is 1. The standard InChI is InChI=1S/C25H32O9/c1-16(26)15-31-23(27)17-9-3-4-10-18(17)24(28)32-21-13-7-8-14-22(21)34-25(29)33-20-12-6-5-11-19(20)30-2/h3-4,9-10,19-22H,5-8,11-15H2,1-2H3. The van der Waals surface area contributed by atoms with Crippen LogP contribution in [0, 0.1) is 0 Å². The maximum absolute atomic E-state index is 12.9. The van der Waals surface area contributed by atoms with Crippen LogP contribution in [0.1, 0.15) is 79.0 Å². The number of carbonyl (C=O) groups is 4. The second kappa shape index (κ2) is 12.5. The van der Waals surface area contributed by atoms with Crippen molar-refractivity contribution in [3.05, 3.63) is 35.4 Å². The molecule has 1 aromatic carbocycles. The molecular formula is C25H32O9. The smallest absolute Gasteiger partial charge is 0.455 e. The van der Waals surface area contributed by atoms with E-state index in [1.165, 1.54) is 19.1 Å². The van der Waals surface area contributed by atoms with Crippen LogP contribution in [0.3, 0.4) is 0 Å². The lowest BCUT2D eigenvalue weighted by atomic mass is 9.94. The molecule has 0 amide bonds. The van der Waals surface area contributed by atoms with Gasteiger partial charge in [-0.05, 0) is 64.0 Å². The molecule has 4 unspecified atom stereocenters. The molecule has 186 valence electrons. The van der Waals surface area contributed by atoms with E-state index >= 15 is 0 Å². The van der Waals surface area contributed by atoms with E-state index < -0.39 is 30.3 Å². The lowest BCUT2D eigenvalue weighted by molar-refractivity contribution is -0.120. The van der Waals surface area contributed by atoms with E-state index in [4.69, 9.17) is 23.7 Å². The zero-order chi connectivity index (χ0) is 24.5. The molecule has 9 heteroatoms. The first kappa shape index (κ1) is 25.7. The van der Waals surface area contributed by atoms with E-state index in [1.54, 1.807) is 19.2 Å². The molecule has 3 rings (SSSR count). The van der Waals surface area contributed by atoms with Crippen molar-refractivity contribution in [1.29, 1.82) is 0 Å². The third-order valence-electron chi connectivity index (χ3n) is 6.11. The number of esters is 2. The number of ketones is 1. The van der Waals surface area contributed by atoms with Crippen LogP contribution >= 0.6 is 0 Å². The Bertz CT molecular complexity index is 881. The summed E-state index contributed by atoms with van der Waals surface area (Å²) in [4.78, 5) is 48.9. The van der Waals surface area contributed by atoms with E-state index in [9.17, 15) is 19.2 Å². The van der Waals surface area contributed by atoms with Crippen LogP contribution in [-0.2, 0) is 28.5 Å². The molecule has 0 aromatic heterocycles. The highest BCUT2D eigenvalue weighted by molar-refractivity contribution is 6.03. The van der Waals surface area contributed by atoms with E-state index in [2.05, 4.69) is 0 Å². The van der Waals surface area contributed by atoms with E-state index in [0.717, 1.165) is 32.1 Å². The summed E-state index contributed by atoms with van der Waals surface area (Å²) in [5.74, 6) is -1.83. The summed E-state index contributed by atoms with van der Waals surface area (Å²) in [6.45, 7) is 0.916. The molecule has 9 nitrogen and oxygen atoms in total. The number of rotatable bonds is 8. The predicted octanol–water partition coefficient (Wildman–Crippen LogP) is 4.01. The van der Waals surface area contributed by atoms with Crippen molar-refractivity contribution in [3.8, 4) is 0 Å². The monoisotopic (exact) mass is 476 g/mol. The first-order valence-corrected chi connectivity index (χ1v) is 11.8. The van der Waals surface area contributed by atoms with Gasteiger partial charge in [-0.25, -0.2) is 14.4 Å². The Morgan fingerprint density at radius 1 is 0.735 bits per heavy atom. The number of hydrogen-bond acceptors (Lipinski definition) is 9. The molecule has 0 radical (unpaired) electrons. The number of carbonyl (C=O) groups excluding carboxylic acids is 4. The lowest BCUT2D eigenvalue weighted by Crippen LogP contribution is -2.40. The van der Waals surface area contributed by atoms with Crippen molar-refractivity contribution in [3.63, 3.8) is 0 Å². The molecule has 0 saturated heterocycles. The molecule has 0 spiro atoms. The molecular weight excluding hydrogens is 444 g/mol. The zero-order valence-electron chi connectivity index (χ0n) is 19.7. The Kier molecular flexibility index (Phi) is 9.44. The Morgan fingerprint density at radius 3 is 1.74 bits per heavy atom. The van der Waals surface area contributed by atoms with Gasteiger partial charge in [0, 0.05) is 7.11 Å². The molecule has 4 atom stereocenters. The quantitative estimate of drug-likeness (QED) is 0.405. The van der Waals surface area contributed by atoms with Crippen LogP contribution in [0.2, 0.25) is 0 Å². The van der Waals surface area contributed by atoms with Crippen LogP contribution in [0.5, 0.6) is 0 Å². The zero-order valence-corrected chi connectivity index (χ0v) is 19.7. The average molecular weight is 477 g/mol. The van der Waals surface area contributed by atoms with Crippen molar-refractivity contribution in [2.24, 2.45) is 0 Å². The van der Waals surface area contributed by atoms with E-state index in [1.807, 2.05) is 0 Å². The van der Waals surface area contributed by atoms with Gasteiger partial charge < -0.3 is 23.7 Å². The normalized spacial score (nSPS) is 24.5. The Labute approximate surface area is 199 Å². The van der Waals surface area contributed by atoms with Crippen LogP contribution in [-0.4, -0.2) is 62.0 Å². The van der Waals surface area contributed by atoms with Gasteiger partial charge in [-0.1, -0.05) is 18.6 Å². The van der Waals surface area contributed by atoms with Crippen molar-refractivity contribution >= 4 is 23.9 Å². The average Bonchev–Trinajstić information content (AvgIpc) is 2.84. The highest BCUT2D eigenvalue weighted by Crippen LogP contribution is 2.28. The van der Waals surface area contributed by atoms with Crippen molar-refractivity contribution in [1.82, 2.24) is 0 Å². The molecule has 2 fully saturated rings. The SMILES string of the molecule is COC1CCCCC1OC(=O)OC1CCCCC1OC(=O)c1ccccc1C(=O)OCC(C)=O. The number of hydrogen-bond donors (Lipinski definition) is 0. The Hall–Kier alpha value is -2.94. The van der Waals surface area contributed by atoms with Crippen LogP contribution < -0.4 is 0 Å². The highest BCUT2D eigenvalue weighted by atomic mass is 16.7. The predicted molar refractivity (Wildman–Crippen MR) is 119 cm³/mol. The van der Waals surface area contributed by atoms with E-state index in [-0.39, 0.29) is 35.7 Å². The summed E-state index contributed by atoms with van der Waals surface area (Å²) in [6, 6.07) is 6.07. The fraction of sp³-hybridized carbons (Fsp3) is 0.600. The topological polar surface area (TPSA) is 114 Å². The summed E-state index contributed by atoms with van der Waals surface area (Å²) >= 11 is 0. The number of benzene rings is 1. The molecule has 0 aliphatic heterocycles. The highest BCUT2D eigenvalue weighted by Gasteiger charge is 2.35. The Balaban J connectivity index is 1.62. The Morgan fingerprint density at radius 2 is 1.21 bits per heavy atom. The summed E-state index contributed by atoms with van der Waals surface area (Å²) < 4.78 is 27.1. The summed E-state index contributed by atoms with van der Waals surface area (Å²) in [5.41, 5.74) is 0.0254. The van der Waals surface area contributed by atoms with Gasteiger partial charge in [-0.15, -0.1) is 0 Å². The van der Waals surface area contributed by atoms with Gasteiger partial charge in [0.05, 0.1) is 17.2 Å². The van der Waals surface area contributed by atoms with Crippen LogP contribution in [0.25, 0.3) is 0 Å². The molecule has 34 heavy (non-hydrogen) atoms. The second-order valence-electron chi connectivity index (χ2n) is 8.67. The van der Waals surface area contributed by atoms with Crippen LogP contribution in [0.15, 0.2) is 24.3 Å². The van der Waals surface area contributed by atoms with Gasteiger partial charge in [0.15, 0.2) is 5.78 Å². The minimum Gasteiger partial charge on any atom is -0.455 e. The molecule has 2 aliphatic rings. The molecule has 0 N–H and O–H groups in total. The van der Waals surface area contributed by atoms with Crippen LogP contribution in [0.4, 0.5) is 4.79 Å². The lowest BCUT2D eigenvalue weighted by Gasteiger charge is -2.33. The van der Waals surface area contributed by atoms with Gasteiger partial charge in [0.1, 0.15) is 24.9 Å². The van der Waals surface area contributed by atoms with Gasteiger partial charge in [-0.3, -0.25) is 4.79 Å². The fourth-order valence-electron chi connectivity index (χ4n) is 4.36. The maximum atomic E-state index is 12.9. The largest absolute Gasteiger partial charge is 0.509 e. The number of Topliss-reactive ketones (excluding diaryl/α,β-unsaturated/α-hetero) is 1. The maximum Gasteiger partial charge on any atom is 0.509 e. The molecule has 0 heterocycles. The minimum atomic E-state index is -0.796. The van der Waals surface area contributed by atoms with Gasteiger partial charge in [0.25, 0.3) is 0 Å². The second-order valence-corrected chi connectivity index (χ2v) is 8.67. The molecule has 2 saturated carbocycles. The summed E-state index contributed by atoms with van der Waals surface area (Å²) in [5, 5.41) is 0.